The van der Waals surface area contributed by atoms with Crippen molar-refractivity contribution in [1.29, 1.82) is 0 Å². The Morgan fingerprint density at radius 3 is 2.34 bits per heavy atom. The lowest BCUT2D eigenvalue weighted by Crippen LogP contribution is -2.46. The van der Waals surface area contributed by atoms with Crippen molar-refractivity contribution in [3.8, 4) is 0 Å². The van der Waals surface area contributed by atoms with Crippen LogP contribution in [-0.4, -0.2) is 64.8 Å². The molecule has 53 heavy (non-hydrogen) atoms. The van der Waals surface area contributed by atoms with Crippen LogP contribution in [0.1, 0.15) is 65.9 Å². The van der Waals surface area contributed by atoms with Gasteiger partial charge in [-0.3, -0.25) is 9.59 Å². The number of piperidine rings is 1. The van der Waals surface area contributed by atoms with Gasteiger partial charge >= 0.3 is 6.09 Å². The van der Waals surface area contributed by atoms with Crippen LogP contribution in [0.2, 0.25) is 5.02 Å². The summed E-state index contributed by atoms with van der Waals surface area (Å²) in [6.45, 7) is 1.92. The first-order valence-electron chi connectivity index (χ1n) is 17.8. The second-order valence-electron chi connectivity index (χ2n) is 13.8. The number of carbonyl (C=O) groups is 3. The first-order chi connectivity index (χ1) is 25.7. The Morgan fingerprint density at radius 1 is 0.887 bits per heavy atom. The van der Waals surface area contributed by atoms with Crippen LogP contribution in [0.25, 0.3) is 0 Å². The van der Waals surface area contributed by atoms with E-state index in [4.69, 9.17) is 25.8 Å². The van der Waals surface area contributed by atoms with Crippen LogP contribution < -0.4 is 10.2 Å². The number of benzene rings is 4. The number of imide groups is 1. The zero-order valence-corrected chi connectivity index (χ0v) is 29.9. The fourth-order valence-corrected chi connectivity index (χ4v) is 7.33. The number of ether oxygens (including phenoxy) is 3. The standard InChI is InChI=1S/C41H42ClN3O8/c42-32-15-13-31(14-16-32)41(50)17-19-44(20-18-41)24-34-22-36(29-11-9-27(25-46)10-12-29)53-39(52-34)30-7-4-8-33(21-30)45-37(47)23-35(38(45)48)43-40(49)51-26-28-5-2-1-3-6-28/h1-16,21,34-36,39,46,50H,17-20,22-26H2,(H,43,49)/t34-,35?,36+,39+/m0/s1. The van der Waals surface area contributed by atoms with Crippen molar-refractivity contribution in [2.75, 3.05) is 24.5 Å². The zero-order valence-electron chi connectivity index (χ0n) is 29.1. The van der Waals surface area contributed by atoms with E-state index in [1.807, 2.05) is 72.8 Å². The maximum absolute atomic E-state index is 13.5. The normalized spacial score (nSPS) is 23.2. The van der Waals surface area contributed by atoms with Crippen molar-refractivity contribution in [3.63, 3.8) is 0 Å². The quantitative estimate of drug-likeness (QED) is 0.169. The van der Waals surface area contributed by atoms with E-state index < -0.39 is 35.8 Å². The van der Waals surface area contributed by atoms with Crippen molar-refractivity contribution in [3.05, 3.63) is 136 Å². The predicted molar refractivity (Wildman–Crippen MR) is 197 cm³/mol. The number of carbonyl (C=O) groups excluding carboxylic acids is 3. The van der Waals surface area contributed by atoms with Crippen LogP contribution in [0.3, 0.4) is 0 Å². The van der Waals surface area contributed by atoms with Gasteiger partial charge in [0.2, 0.25) is 5.91 Å². The van der Waals surface area contributed by atoms with Crippen LogP contribution >= 0.6 is 11.6 Å². The average molecular weight is 740 g/mol. The molecule has 0 saturated carbocycles. The Morgan fingerprint density at radius 2 is 1.62 bits per heavy atom. The number of alkyl carbamates (subject to hydrolysis) is 1. The Hall–Kier alpha value is -4.62. The lowest BCUT2D eigenvalue weighted by molar-refractivity contribution is -0.253. The number of amides is 3. The summed E-state index contributed by atoms with van der Waals surface area (Å²) in [5.41, 5.74) is 3.42. The highest BCUT2D eigenvalue weighted by Gasteiger charge is 2.42. The highest BCUT2D eigenvalue weighted by molar-refractivity contribution is 6.30. The van der Waals surface area contributed by atoms with E-state index >= 15 is 0 Å². The molecule has 4 aromatic rings. The Bertz CT molecular complexity index is 1900. The fourth-order valence-electron chi connectivity index (χ4n) is 7.21. The molecule has 0 bridgehead atoms. The maximum Gasteiger partial charge on any atom is 0.408 e. The van der Waals surface area contributed by atoms with E-state index in [1.54, 1.807) is 30.3 Å². The largest absolute Gasteiger partial charge is 0.445 e. The van der Waals surface area contributed by atoms with Crippen LogP contribution in [-0.2, 0) is 42.6 Å². The third kappa shape index (κ3) is 8.62. The molecule has 3 heterocycles. The van der Waals surface area contributed by atoms with Gasteiger partial charge in [0.25, 0.3) is 5.91 Å². The number of likely N-dealkylation sites (tertiary alicyclic amines) is 1. The monoisotopic (exact) mass is 739 g/mol. The third-order valence-corrected chi connectivity index (χ3v) is 10.4. The van der Waals surface area contributed by atoms with Crippen molar-refractivity contribution in [1.82, 2.24) is 10.2 Å². The fraction of sp³-hybridized carbons (Fsp3) is 0.341. The van der Waals surface area contributed by atoms with Gasteiger partial charge < -0.3 is 34.6 Å². The number of rotatable bonds is 10. The lowest BCUT2D eigenvalue weighted by Gasteiger charge is -2.42. The minimum absolute atomic E-state index is 0.0334. The Balaban J connectivity index is 1.04. The molecule has 0 spiro atoms. The first kappa shape index (κ1) is 36.7. The van der Waals surface area contributed by atoms with Gasteiger partial charge in [0.15, 0.2) is 6.29 Å². The molecule has 11 nitrogen and oxygen atoms in total. The SMILES string of the molecule is O=C(NC1CC(=O)N(c2cccc([C@@H]3O[C@H](CN4CCC(O)(c5ccc(Cl)cc5)CC4)C[C@H](c4ccc(CO)cc4)O3)c2)C1=O)OCc1ccccc1. The van der Waals surface area contributed by atoms with Crippen LogP contribution in [0, 0.1) is 0 Å². The molecule has 3 amide bonds. The van der Waals surface area contributed by atoms with E-state index in [2.05, 4.69) is 10.2 Å². The summed E-state index contributed by atoms with van der Waals surface area (Å²) in [4.78, 5) is 42.5. The highest BCUT2D eigenvalue weighted by Crippen LogP contribution is 2.40. The van der Waals surface area contributed by atoms with Gasteiger partial charge in [0.1, 0.15) is 12.6 Å². The van der Waals surface area contributed by atoms with Gasteiger partial charge in [0, 0.05) is 36.6 Å². The molecule has 3 saturated heterocycles. The minimum atomic E-state index is -1.06. The summed E-state index contributed by atoms with van der Waals surface area (Å²) in [5.74, 6) is -1.01. The molecule has 3 N–H and O–H groups in total. The molecule has 3 fully saturated rings. The lowest BCUT2D eigenvalue weighted by atomic mass is 9.84. The second-order valence-corrected chi connectivity index (χ2v) is 14.3. The van der Waals surface area contributed by atoms with Crippen molar-refractivity contribution < 1.29 is 38.8 Å². The van der Waals surface area contributed by atoms with E-state index in [0.29, 0.717) is 55.2 Å². The summed E-state index contributed by atoms with van der Waals surface area (Å²) >= 11 is 6.08. The molecule has 1 unspecified atom stereocenters. The number of anilines is 1. The summed E-state index contributed by atoms with van der Waals surface area (Å²) < 4.78 is 18.4. The van der Waals surface area contributed by atoms with E-state index in [0.717, 1.165) is 27.2 Å². The molecule has 12 heteroatoms. The molecule has 4 atom stereocenters. The topological polar surface area (TPSA) is 138 Å². The van der Waals surface area contributed by atoms with Crippen molar-refractivity contribution in [2.45, 2.75) is 69.0 Å². The second kappa shape index (κ2) is 16.2. The Kier molecular flexibility index (Phi) is 11.2. The third-order valence-electron chi connectivity index (χ3n) is 10.2. The number of hydrogen-bond acceptors (Lipinski definition) is 9. The van der Waals surface area contributed by atoms with E-state index in [1.165, 1.54) is 0 Å². The van der Waals surface area contributed by atoms with Gasteiger partial charge in [-0.2, -0.15) is 0 Å². The summed E-state index contributed by atoms with van der Waals surface area (Å²) in [6, 6.07) is 30.0. The summed E-state index contributed by atoms with van der Waals surface area (Å²) in [6.07, 6.45) is -0.681. The maximum atomic E-state index is 13.5. The molecular weight excluding hydrogens is 698 g/mol. The molecule has 0 aromatic heterocycles. The van der Waals surface area contributed by atoms with Gasteiger partial charge in [-0.1, -0.05) is 90.5 Å². The smallest absolute Gasteiger partial charge is 0.408 e. The van der Waals surface area contributed by atoms with E-state index in [9.17, 15) is 24.6 Å². The van der Waals surface area contributed by atoms with Crippen molar-refractivity contribution in [2.24, 2.45) is 0 Å². The zero-order chi connectivity index (χ0) is 37.0. The Labute approximate surface area is 313 Å². The van der Waals surface area contributed by atoms with Crippen LogP contribution in [0.4, 0.5) is 10.5 Å². The molecule has 7 rings (SSSR count). The van der Waals surface area contributed by atoms with Crippen LogP contribution in [0.15, 0.2) is 103 Å². The van der Waals surface area contributed by atoms with Crippen molar-refractivity contribution >= 4 is 35.2 Å². The first-order valence-corrected chi connectivity index (χ1v) is 18.2. The van der Waals surface area contributed by atoms with Crippen LogP contribution in [0.5, 0.6) is 0 Å². The number of nitrogens with one attached hydrogen (secondary N) is 1. The summed E-state index contributed by atoms with van der Waals surface area (Å²) in [5, 5.41) is 24.2. The molecule has 3 aliphatic heterocycles. The van der Waals surface area contributed by atoms with Gasteiger partial charge in [-0.05, 0) is 59.4 Å². The average Bonchev–Trinajstić information content (AvgIpc) is 3.46. The van der Waals surface area contributed by atoms with E-state index in [-0.39, 0.29) is 31.8 Å². The van der Waals surface area contributed by atoms with Gasteiger partial charge in [-0.15, -0.1) is 0 Å². The number of aliphatic hydroxyl groups is 2. The summed E-state index contributed by atoms with van der Waals surface area (Å²) in [7, 11) is 0. The van der Waals surface area contributed by atoms with Gasteiger partial charge in [-0.25, -0.2) is 9.69 Å². The minimum Gasteiger partial charge on any atom is -0.445 e. The molecule has 0 aliphatic carbocycles. The number of nitrogens with zero attached hydrogens (tertiary/aromatic N) is 2. The van der Waals surface area contributed by atoms with Gasteiger partial charge in [0.05, 0.1) is 36.5 Å². The highest BCUT2D eigenvalue weighted by atomic mass is 35.5. The molecule has 0 radical (unpaired) electrons. The predicted octanol–water partition coefficient (Wildman–Crippen LogP) is 5.92. The molecular formula is C41H42ClN3O8. The molecule has 4 aromatic carbocycles. The molecule has 276 valence electrons. The number of hydrogen-bond donors (Lipinski definition) is 3. The number of aliphatic hydroxyl groups excluding tert-OH is 1. The number of halogens is 1. The molecule has 3 aliphatic rings.